The summed E-state index contributed by atoms with van der Waals surface area (Å²) in [6.45, 7) is 3.93. The molecule has 0 radical (unpaired) electrons. The van der Waals surface area contributed by atoms with Crippen LogP contribution in [0.1, 0.15) is 23.6 Å². The van der Waals surface area contributed by atoms with E-state index in [1.54, 1.807) is 6.07 Å². The molecule has 1 aromatic carbocycles. The highest BCUT2D eigenvalue weighted by molar-refractivity contribution is 5.17. The van der Waals surface area contributed by atoms with Crippen LogP contribution in [0, 0.1) is 11.7 Å². The molecule has 1 N–H and O–H groups in total. The molecular weight excluding hydrogens is 279 g/mol. The molecule has 3 atom stereocenters. The van der Waals surface area contributed by atoms with Gasteiger partial charge in [0.05, 0.1) is 13.1 Å². The molecule has 22 heavy (non-hydrogen) atoms. The predicted octanol–water partition coefficient (Wildman–Crippen LogP) is 1.19. The van der Waals surface area contributed by atoms with Gasteiger partial charge < -0.3 is 9.47 Å². The van der Waals surface area contributed by atoms with Gasteiger partial charge >= 0.3 is 0 Å². The molecule has 2 bridgehead atoms. The zero-order valence-corrected chi connectivity index (χ0v) is 12.5. The van der Waals surface area contributed by atoms with Gasteiger partial charge in [-0.05, 0) is 24.6 Å². The van der Waals surface area contributed by atoms with Crippen LogP contribution in [-0.4, -0.2) is 17.7 Å². The van der Waals surface area contributed by atoms with E-state index in [0.717, 1.165) is 26.2 Å². The van der Waals surface area contributed by atoms with Gasteiger partial charge in [-0.3, -0.25) is 4.79 Å². The summed E-state index contributed by atoms with van der Waals surface area (Å²) in [4.78, 5) is 13.6. The average molecular weight is 299 g/mol. The number of hydrogen-bond donors (Lipinski definition) is 1. The second-order valence-electron chi connectivity index (χ2n) is 6.66. The van der Waals surface area contributed by atoms with E-state index >= 15 is 0 Å². The lowest BCUT2D eigenvalue weighted by Gasteiger charge is -2.40. The fourth-order valence-corrected chi connectivity index (χ4v) is 4.16. The van der Waals surface area contributed by atoms with E-state index < -0.39 is 0 Å². The molecule has 4 rings (SSSR count). The number of fused-ring (bicyclic) bond motifs is 4. The minimum Gasteiger partial charge on any atom is -0.330 e. The van der Waals surface area contributed by atoms with Gasteiger partial charge in [-0.2, -0.15) is 0 Å². The zero-order valence-electron chi connectivity index (χ0n) is 12.5. The third kappa shape index (κ3) is 2.48. The molecule has 0 aliphatic carbocycles. The number of benzene rings is 1. The van der Waals surface area contributed by atoms with E-state index in [0.29, 0.717) is 11.8 Å². The van der Waals surface area contributed by atoms with Crippen molar-refractivity contribution in [2.24, 2.45) is 5.92 Å². The molecule has 4 heteroatoms. The van der Waals surface area contributed by atoms with Crippen molar-refractivity contribution in [3.63, 3.8) is 0 Å². The van der Waals surface area contributed by atoms with Gasteiger partial charge in [0.25, 0.3) is 5.56 Å². The quantitative estimate of drug-likeness (QED) is 0.886. The summed E-state index contributed by atoms with van der Waals surface area (Å²) in [5.41, 5.74) is 2.51. The Morgan fingerprint density at radius 3 is 2.77 bits per heavy atom. The molecule has 114 valence electrons. The largest absolute Gasteiger partial charge is 0.330 e. The Kier molecular flexibility index (Phi) is 3.34. The summed E-state index contributed by atoms with van der Waals surface area (Å²) in [5, 5.41) is 0. The molecule has 2 aliphatic rings. The van der Waals surface area contributed by atoms with Crippen molar-refractivity contribution < 1.29 is 9.29 Å². The van der Waals surface area contributed by atoms with E-state index in [4.69, 9.17) is 0 Å². The second kappa shape index (κ2) is 5.36. The van der Waals surface area contributed by atoms with Crippen LogP contribution in [0.3, 0.4) is 0 Å². The Morgan fingerprint density at radius 1 is 1.14 bits per heavy atom. The highest BCUT2D eigenvalue weighted by Crippen LogP contribution is 2.30. The second-order valence-corrected chi connectivity index (χ2v) is 6.66. The minimum absolute atomic E-state index is 0.134. The maximum absolute atomic E-state index is 13.0. The van der Waals surface area contributed by atoms with E-state index in [2.05, 4.69) is 6.07 Å². The first-order valence-corrected chi connectivity index (χ1v) is 7.97. The molecule has 0 amide bonds. The third-order valence-electron chi connectivity index (χ3n) is 5.04. The number of nitrogens with zero attached hydrogens (tertiary/aromatic N) is 1. The van der Waals surface area contributed by atoms with Gasteiger partial charge in [0.15, 0.2) is 0 Å². The van der Waals surface area contributed by atoms with E-state index in [1.807, 2.05) is 22.8 Å². The summed E-state index contributed by atoms with van der Waals surface area (Å²) in [5.74, 6) is 0.862. The lowest BCUT2D eigenvalue weighted by molar-refractivity contribution is -0.924. The minimum atomic E-state index is -0.178. The molecule has 1 saturated heterocycles. The fraction of sp³-hybridized carbons (Fsp3) is 0.389. The topological polar surface area (TPSA) is 26.4 Å². The first kappa shape index (κ1) is 13.7. The molecule has 1 unspecified atom stereocenters. The Balaban J connectivity index is 1.56. The van der Waals surface area contributed by atoms with Crippen LogP contribution in [0.5, 0.6) is 0 Å². The number of nitrogens with one attached hydrogen (secondary N) is 1. The Morgan fingerprint density at radius 2 is 1.95 bits per heavy atom. The van der Waals surface area contributed by atoms with Gasteiger partial charge in [0.2, 0.25) is 0 Å². The monoisotopic (exact) mass is 299 g/mol. The maximum atomic E-state index is 13.0. The van der Waals surface area contributed by atoms with Crippen molar-refractivity contribution in [1.29, 1.82) is 0 Å². The summed E-state index contributed by atoms with van der Waals surface area (Å²) in [6.07, 6.45) is 1.19. The number of aromatic nitrogens is 1. The number of likely N-dealkylation sites (tertiary alicyclic amines) is 1. The van der Waals surface area contributed by atoms with Crippen molar-refractivity contribution in [3.8, 4) is 0 Å². The van der Waals surface area contributed by atoms with Gasteiger partial charge in [0, 0.05) is 35.7 Å². The molecule has 3 nitrogen and oxygen atoms in total. The first-order valence-electron chi connectivity index (χ1n) is 7.97. The summed E-state index contributed by atoms with van der Waals surface area (Å²) >= 11 is 0. The Bertz CT molecular complexity index is 737. The predicted molar refractivity (Wildman–Crippen MR) is 82.4 cm³/mol. The highest BCUT2D eigenvalue weighted by atomic mass is 19.1. The number of piperidine rings is 1. The van der Waals surface area contributed by atoms with Crippen molar-refractivity contribution in [2.75, 3.05) is 13.1 Å². The summed E-state index contributed by atoms with van der Waals surface area (Å²) in [6, 6.07) is 12.5. The first-order chi connectivity index (χ1) is 10.7. The highest BCUT2D eigenvalue weighted by Gasteiger charge is 2.36. The van der Waals surface area contributed by atoms with Crippen LogP contribution in [0.25, 0.3) is 0 Å². The number of halogens is 1. The lowest BCUT2D eigenvalue weighted by Crippen LogP contribution is -3.13. The van der Waals surface area contributed by atoms with Crippen LogP contribution < -0.4 is 10.5 Å². The normalized spacial score (nSPS) is 26.5. The Hall–Kier alpha value is -1.94. The molecule has 0 saturated carbocycles. The molecule has 1 aromatic heterocycles. The average Bonchev–Trinajstić information content (AvgIpc) is 2.51. The zero-order chi connectivity index (χ0) is 15.1. The molecule has 1 fully saturated rings. The maximum Gasteiger partial charge on any atom is 0.250 e. The number of hydrogen-bond acceptors (Lipinski definition) is 1. The summed E-state index contributed by atoms with van der Waals surface area (Å²) < 4.78 is 15.0. The van der Waals surface area contributed by atoms with Gasteiger partial charge in [0.1, 0.15) is 12.4 Å². The third-order valence-corrected chi connectivity index (χ3v) is 5.04. The van der Waals surface area contributed by atoms with Gasteiger partial charge in [-0.1, -0.05) is 18.2 Å². The van der Waals surface area contributed by atoms with Crippen molar-refractivity contribution in [2.45, 2.75) is 25.4 Å². The van der Waals surface area contributed by atoms with Crippen LogP contribution in [0.2, 0.25) is 0 Å². The van der Waals surface area contributed by atoms with Crippen LogP contribution >= 0.6 is 0 Å². The van der Waals surface area contributed by atoms with E-state index in [1.165, 1.54) is 34.7 Å². The van der Waals surface area contributed by atoms with Crippen LogP contribution in [0.4, 0.5) is 4.39 Å². The molecular formula is C18H20FN2O+. The number of quaternary nitrogens is 1. The number of rotatable bonds is 2. The molecule has 3 heterocycles. The van der Waals surface area contributed by atoms with Crippen LogP contribution in [0.15, 0.2) is 47.3 Å². The molecule has 2 aromatic rings. The standard InChI is InChI=1S/C18H19FN2O/c19-16-6-4-13(5-7-16)9-20-10-14-8-15(12-20)17-2-1-3-18(22)21(17)11-14/h1-7,14-15H,8-12H2/p+1/t14-,15+/m1/s1. The molecule has 2 aliphatic heterocycles. The van der Waals surface area contributed by atoms with Crippen LogP contribution in [-0.2, 0) is 13.1 Å². The van der Waals surface area contributed by atoms with Crippen molar-refractivity contribution >= 4 is 0 Å². The Labute approximate surface area is 129 Å². The van der Waals surface area contributed by atoms with Gasteiger partial charge in [-0.15, -0.1) is 0 Å². The smallest absolute Gasteiger partial charge is 0.250 e. The fourth-order valence-electron chi connectivity index (χ4n) is 4.16. The lowest BCUT2D eigenvalue weighted by atomic mass is 9.83. The number of pyridine rings is 1. The van der Waals surface area contributed by atoms with E-state index in [9.17, 15) is 9.18 Å². The van der Waals surface area contributed by atoms with Crippen molar-refractivity contribution in [3.05, 3.63) is 69.9 Å². The van der Waals surface area contributed by atoms with Crippen molar-refractivity contribution in [1.82, 2.24) is 4.57 Å². The SMILES string of the molecule is O=c1cccc2n1C[C@@H]1C[C@H]2C[NH+](Cc2ccc(F)cc2)C1. The summed E-state index contributed by atoms with van der Waals surface area (Å²) in [7, 11) is 0. The molecule has 0 spiro atoms. The van der Waals surface area contributed by atoms with E-state index in [-0.39, 0.29) is 11.4 Å². The van der Waals surface area contributed by atoms with Gasteiger partial charge in [-0.25, -0.2) is 4.39 Å².